The van der Waals surface area contributed by atoms with Crippen molar-refractivity contribution in [1.82, 2.24) is 0 Å². The Morgan fingerprint density at radius 1 is 1.14 bits per heavy atom. The van der Waals surface area contributed by atoms with E-state index in [1.165, 1.54) is 32.1 Å². The van der Waals surface area contributed by atoms with Gasteiger partial charge in [0.15, 0.2) is 5.78 Å². The summed E-state index contributed by atoms with van der Waals surface area (Å²) in [5.74, 6) is 1.63. The smallest absolute Gasteiger partial charge is 0.156 e. The van der Waals surface area contributed by atoms with E-state index in [-0.39, 0.29) is 46.9 Å². The minimum absolute atomic E-state index is 0.0280. The molecule has 0 bridgehead atoms. The number of carbonyl (C=O) groups is 2. The van der Waals surface area contributed by atoms with Crippen LogP contribution in [-0.2, 0) is 19.1 Å². The van der Waals surface area contributed by atoms with Gasteiger partial charge in [0.25, 0.3) is 0 Å². The summed E-state index contributed by atoms with van der Waals surface area (Å²) >= 11 is 8.28. The van der Waals surface area contributed by atoms with Gasteiger partial charge in [-0.15, -0.1) is 23.4 Å². The monoisotopic (exact) mass is 442 g/mol. The summed E-state index contributed by atoms with van der Waals surface area (Å²) in [5.41, 5.74) is 0. The highest BCUT2D eigenvalue weighted by Gasteiger charge is 2.45. The Bertz CT molecular complexity index is 616. The zero-order valence-corrected chi connectivity index (χ0v) is 19.5. The third-order valence-corrected chi connectivity index (χ3v) is 8.79. The largest absolute Gasteiger partial charge is 0.381 e. The van der Waals surface area contributed by atoms with Crippen LogP contribution in [0.15, 0.2) is 11.0 Å². The van der Waals surface area contributed by atoms with Crippen molar-refractivity contribution < 1.29 is 19.1 Å². The van der Waals surface area contributed by atoms with Crippen LogP contribution >= 0.6 is 23.4 Å². The van der Waals surface area contributed by atoms with E-state index < -0.39 is 0 Å². The number of ether oxygens (including phenoxy) is 2. The average Bonchev–Trinajstić information content (AvgIpc) is 2.72. The Hall–Kier alpha value is -0.360. The van der Waals surface area contributed by atoms with E-state index in [2.05, 4.69) is 0 Å². The van der Waals surface area contributed by atoms with Gasteiger partial charge in [0, 0.05) is 38.7 Å². The number of methoxy groups -OCH3 is 2. The highest BCUT2D eigenvalue weighted by molar-refractivity contribution is 8.03. The summed E-state index contributed by atoms with van der Waals surface area (Å²) in [4.78, 5) is 26.9. The average molecular weight is 443 g/mol. The first-order chi connectivity index (χ1) is 13.9. The predicted octanol–water partition coefficient (Wildman–Crippen LogP) is 5.03. The molecule has 6 atom stereocenters. The van der Waals surface area contributed by atoms with Crippen LogP contribution in [0.2, 0.25) is 0 Å². The van der Waals surface area contributed by atoms with Crippen molar-refractivity contribution in [1.29, 1.82) is 0 Å². The summed E-state index contributed by atoms with van der Waals surface area (Å²) in [6, 6.07) is 0. The molecule has 0 aromatic rings. The summed E-state index contributed by atoms with van der Waals surface area (Å²) in [5, 5.41) is -0.191. The number of rotatable bonds is 7. The molecular weight excluding hydrogens is 408 g/mol. The Balaban J connectivity index is 1.74. The van der Waals surface area contributed by atoms with E-state index >= 15 is 0 Å². The van der Waals surface area contributed by atoms with Gasteiger partial charge in [-0.2, -0.15) is 0 Å². The molecule has 0 aromatic heterocycles. The van der Waals surface area contributed by atoms with Crippen molar-refractivity contribution >= 4 is 34.9 Å². The van der Waals surface area contributed by atoms with E-state index in [9.17, 15) is 9.59 Å². The Labute approximate surface area is 184 Å². The number of hydrogen-bond acceptors (Lipinski definition) is 5. The molecule has 164 valence electrons. The number of carbonyl (C=O) groups excluding carboxylic acids is 2. The van der Waals surface area contributed by atoms with Crippen LogP contribution in [0.5, 0.6) is 0 Å². The fraction of sp³-hybridized carbons (Fsp3) is 0.826. The van der Waals surface area contributed by atoms with E-state index in [0.717, 1.165) is 10.7 Å². The van der Waals surface area contributed by atoms with Crippen molar-refractivity contribution in [2.45, 2.75) is 75.9 Å². The highest BCUT2D eigenvalue weighted by atomic mass is 35.5. The molecule has 2 saturated carbocycles. The van der Waals surface area contributed by atoms with Gasteiger partial charge in [-0.05, 0) is 42.1 Å². The lowest BCUT2D eigenvalue weighted by Crippen LogP contribution is -2.47. The van der Waals surface area contributed by atoms with Gasteiger partial charge < -0.3 is 9.47 Å². The van der Waals surface area contributed by atoms with Gasteiger partial charge in [0.1, 0.15) is 5.78 Å². The first-order valence-electron chi connectivity index (χ1n) is 11.0. The maximum Gasteiger partial charge on any atom is 0.156 e. The van der Waals surface area contributed by atoms with Crippen molar-refractivity contribution in [3.8, 4) is 0 Å². The molecule has 4 nitrogen and oxygen atoms in total. The molecule has 0 amide bonds. The molecule has 0 spiro atoms. The van der Waals surface area contributed by atoms with E-state index in [0.29, 0.717) is 25.2 Å². The van der Waals surface area contributed by atoms with Crippen LogP contribution in [0.25, 0.3) is 0 Å². The topological polar surface area (TPSA) is 52.6 Å². The second-order valence-corrected chi connectivity index (χ2v) is 10.7. The van der Waals surface area contributed by atoms with Crippen molar-refractivity contribution in [3.05, 3.63) is 11.0 Å². The molecule has 6 unspecified atom stereocenters. The second kappa shape index (κ2) is 10.8. The second-order valence-electron chi connectivity index (χ2n) is 9.03. The Morgan fingerprint density at radius 3 is 2.48 bits per heavy atom. The molecule has 3 rings (SSSR count). The first-order valence-corrected chi connectivity index (χ1v) is 12.5. The quantitative estimate of drug-likeness (QED) is 0.518. The maximum atomic E-state index is 13.7. The first kappa shape index (κ1) is 23.3. The third-order valence-electron chi connectivity index (χ3n) is 6.99. The van der Waals surface area contributed by atoms with Gasteiger partial charge in [-0.3, -0.25) is 9.59 Å². The summed E-state index contributed by atoms with van der Waals surface area (Å²) < 4.78 is 11.2. The minimum Gasteiger partial charge on any atom is -0.381 e. The summed E-state index contributed by atoms with van der Waals surface area (Å²) in [6.07, 6.45) is 9.59. The fourth-order valence-electron chi connectivity index (χ4n) is 5.26. The van der Waals surface area contributed by atoms with E-state index in [4.69, 9.17) is 21.1 Å². The number of alkyl halides is 1. The number of halogens is 1. The predicted molar refractivity (Wildman–Crippen MR) is 118 cm³/mol. The zero-order chi connectivity index (χ0) is 21.0. The number of Topliss-reactive ketones (excluding diaryl/α,β-unsaturated/α-hetero) is 1. The van der Waals surface area contributed by atoms with Gasteiger partial charge in [0.2, 0.25) is 0 Å². The number of ketones is 2. The maximum absolute atomic E-state index is 13.7. The molecule has 0 radical (unpaired) electrons. The molecule has 0 aromatic carbocycles. The lowest BCUT2D eigenvalue weighted by molar-refractivity contribution is -0.136. The zero-order valence-electron chi connectivity index (χ0n) is 17.9. The molecule has 0 saturated heterocycles. The number of hydrogen-bond donors (Lipinski definition) is 0. The summed E-state index contributed by atoms with van der Waals surface area (Å²) in [6.45, 7) is 2.04. The SMILES string of the molecule is COC1CC(OC)C(C(=O)C2C(SCC3CCCCC3)=CC(=O)CC2C)CC1Cl. The minimum atomic E-state index is -0.242. The van der Waals surface area contributed by atoms with Crippen LogP contribution < -0.4 is 0 Å². The van der Waals surface area contributed by atoms with Crippen molar-refractivity contribution in [2.75, 3.05) is 20.0 Å². The van der Waals surface area contributed by atoms with E-state index in [1.54, 1.807) is 32.1 Å². The van der Waals surface area contributed by atoms with Crippen molar-refractivity contribution in [3.63, 3.8) is 0 Å². The molecule has 29 heavy (non-hydrogen) atoms. The van der Waals surface area contributed by atoms with Crippen LogP contribution in [0, 0.1) is 23.7 Å². The summed E-state index contributed by atoms with van der Waals surface area (Å²) in [7, 11) is 3.32. The van der Waals surface area contributed by atoms with Crippen molar-refractivity contribution in [2.24, 2.45) is 23.7 Å². The molecule has 3 aliphatic carbocycles. The molecule has 0 aliphatic heterocycles. The van der Waals surface area contributed by atoms with Crippen LogP contribution in [0.4, 0.5) is 0 Å². The van der Waals surface area contributed by atoms with Gasteiger partial charge in [-0.25, -0.2) is 0 Å². The lowest BCUT2D eigenvalue weighted by Gasteiger charge is -2.40. The third kappa shape index (κ3) is 5.66. The Morgan fingerprint density at radius 2 is 1.83 bits per heavy atom. The standard InChI is InChI=1S/C23H35ClO4S/c1-14-9-16(25)10-21(29-13-15-7-5-4-6-8-15)22(14)23(26)17-11-18(24)20(28-3)12-19(17)27-2/h10,14-15,17-20,22H,4-9,11-13H2,1-3H3. The number of thioether (sulfide) groups is 1. The van der Waals surface area contributed by atoms with Gasteiger partial charge in [0.05, 0.1) is 23.5 Å². The molecular formula is C23H35ClO4S. The Kier molecular flexibility index (Phi) is 8.67. The molecule has 0 heterocycles. The molecule has 2 fully saturated rings. The van der Waals surface area contributed by atoms with E-state index in [1.807, 2.05) is 6.92 Å². The highest BCUT2D eigenvalue weighted by Crippen LogP contribution is 2.43. The van der Waals surface area contributed by atoms with Gasteiger partial charge >= 0.3 is 0 Å². The molecule has 6 heteroatoms. The normalized spacial score (nSPS) is 36.7. The van der Waals surface area contributed by atoms with Crippen LogP contribution in [0.3, 0.4) is 0 Å². The fourth-order valence-corrected chi connectivity index (χ4v) is 7.17. The van der Waals surface area contributed by atoms with Crippen LogP contribution in [-0.4, -0.2) is 49.1 Å². The number of allylic oxidation sites excluding steroid dienone is 2. The van der Waals surface area contributed by atoms with Gasteiger partial charge in [-0.1, -0.05) is 26.2 Å². The lowest BCUT2D eigenvalue weighted by atomic mass is 9.72. The molecule has 3 aliphatic rings. The van der Waals surface area contributed by atoms with Crippen LogP contribution in [0.1, 0.15) is 58.3 Å². The molecule has 0 N–H and O–H groups in total.